The number of piperazine rings is 1. The lowest BCUT2D eigenvalue weighted by atomic mass is 10.0. The van der Waals surface area contributed by atoms with Gasteiger partial charge in [-0.15, -0.1) is 0 Å². The number of amides is 2. The molecule has 1 aliphatic heterocycles. The van der Waals surface area contributed by atoms with Crippen LogP contribution in [0.3, 0.4) is 0 Å². The minimum atomic E-state index is -0.0685. The maximum absolute atomic E-state index is 12.2. The molecule has 4 heteroatoms. The van der Waals surface area contributed by atoms with Crippen molar-refractivity contribution >= 4 is 6.03 Å². The fourth-order valence-electron chi connectivity index (χ4n) is 2.68. The number of rotatable bonds is 1. The van der Waals surface area contributed by atoms with Crippen molar-refractivity contribution < 1.29 is 4.79 Å². The second-order valence-electron chi connectivity index (χ2n) is 5.57. The molecule has 2 fully saturated rings. The third-order valence-electron chi connectivity index (χ3n) is 3.73. The Hall–Kier alpha value is -0.770. The zero-order valence-electron chi connectivity index (χ0n) is 10.4. The first-order valence-electron chi connectivity index (χ1n) is 6.38. The largest absolute Gasteiger partial charge is 0.335 e. The molecular formula is C12H23N3O. The Morgan fingerprint density at radius 1 is 1.38 bits per heavy atom. The maximum atomic E-state index is 12.2. The van der Waals surface area contributed by atoms with E-state index >= 15 is 0 Å². The summed E-state index contributed by atoms with van der Waals surface area (Å²) in [5.74, 6) is 0. The van der Waals surface area contributed by atoms with Gasteiger partial charge < -0.3 is 15.5 Å². The number of urea groups is 1. The zero-order valence-corrected chi connectivity index (χ0v) is 10.4. The molecule has 4 nitrogen and oxygen atoms in total. The molecule has 2 aliphatic rings. The second kappa shape index (κ2) is 4.62. The first-order chi connectivity index (χ1) is 7.59. The number of carbonyl (C=O) groups excluding carboxylic acids is 1. The molecule has 1 aliphatic carbocycles. The third-order valence-corrected chi connectivity index (χ3v) is 3.73. The summed E-state index contributed by atoms with van der Waals surface area (Å²) in [5, 5.41) is 6.50. The van der Waals surface area contributed by atoms with Gasteiger partial charge >= 0.3 is 6.03 Å². The predicted octanol–water partition coefficient (Wildman–Crippen LogP) is 1.32. The number of hydrogen-bond acceptors (Lipinski definition) is 2. The van der Waals surface area contributed by atoms with E-state index in [0.717, 1.165) is 32.5 Å². The van der Waals surface area contributed by atoms with Gasteiger partial charge in [-0.25, -0.2) is 4.79 Å². The number of nitrogens with zero attached hydrogens (tertiary/aromatic N) is 1. The molecule has 2 N–H and O–H groups in total. The van der Waals surface area contributed by atoms with Gasteiger partial charge in [0.2, 0.25) is 0 Å². The van der Waals surface area contributed by atoms with E-state index in [9.17, 15) is 4.79 Å². The van der Waals surface area contributed by atoms with Crippen LogP contribution in [0.1, 0.15) is 39.5 Å². The topological polar surface area (TPSA) is 44.4 Å². The molecule has 16 heavy (non-hydrogen) atoms. The Balaban J connectivity index is 1.91. The molecule has 0 atom stereocenters. The minimum Gasteiger partial charge on any atom is -0.335 e. The van der Waals surface area contributed by atoms with Crippen LogP contribution in [0.4, 0.5) is 4.79 Å². The Labute approximate surface area is 97.8 Å². The lowest BCUT2D eigenvalue weighted by molar-refractivity contribution is 0.111. The van der Waals surface area contributed by atoms with Crippen LogP contribution < -0.4 is 10.6 Å². The SMILES string of the molecule is CC1(C)CNCCN1C(=O)NC1CCCC1. The predicted molar refractivity (Wildman–Crippen MR) is 64.4 cm³/mol. The van der Waals surface area contributed by atoms with Crippen LogP contribution in [0.25, 0.3) is 0 Å². The van der Waals surface area contributed by atoms with Gasteiger partial charge in [0.05, 0.1) is 5.54 Å². The molecule has 0 aromatic rings. The van der Waals surface area contributed by atoms with Crippen molar-refractivity contribution in [1.82, 2.24) is 15.5 Å². The van der Waals surface area contributed by atoms with Crippen LogP contribution in [-0.4, -0.2) is 42.1 Å². The van der Waals surface area contributed by atoms with Crippen molar-refractivity contribution in [1.29, 1.82) is 0 Å². The van der Waals surface area contributed by atoms with Crippen LogP contribution >= 0.6 is 0 Å². The summed E-state index contributed by atoms with van der Waals surface area (Å²) < 4.78 is 0. The highest BCUT2D eigenvalue weighted by Gasteiger charge is 2.34. The Bertz CT molecular complexity index is 259. The Kier molecular flexibility index (Phi) is 3.38. The smallest absolute Gasteiger partial charge is 0.318 e. The normalized spacial score (nSPS) is 25.8. The molecule has 2 rings (SSSR count). The summed E-state index contributed by atoms with van der Waals surface area (Å²) >= 11 is 0. The van der Waals surface area contributed by atoms with Gasteiger partial charge in [0.1, 0.15) is 0 Å². The fraction of sp³-hybridized carbons (Fsp3) is 0.917. The van der Waals surface area contributed by atoms with E-state index in [1.165, 1.54) is 12.8 Å². The van der Waals surface area contributed by atoms with Crippen molar-refractivity contribution in [2.24, 2.45) is 0 Å². The van der Waals surface area contributed by atoms with Gasteiger partial charge in [-0.1, -0.05) is 12.8 Å². The van der Waals surface area contributed by atoms with Gasteiger partial charge in [0.25, 0.3) is 0 Å². The molecule has 0 unspecified atom stereocenters. The summed E-state index contributed by atoms with van der Waals surface area (Å²) in [7, 11) is 0. The number of hydrogen-bond donors (Lipinski definition) is 2. The van der Waals surface area contributed by atoms with Crippen molar-refractivity contribution in [3.63, 3.8) is 0 Å². The Morgan fingerprint density at radius 2 is 2.06 bits per heavy atom. The van der Waals surface area contributed by atoms with Crippen LogP contribution in [0, 0.1) is 0 Å². The van der Waals surface area contributed by atoms with E-state index in [1.807, 2.05) is 4.90 Å². The van der Waals surface area contributed by atoms with Crippen LogP contribution in [0.15, 0.2) is 0 Å². The molecule has 2 amide bonds. The highest BCUT2D eigenvalue weighted by Crippen LogP contribution is 2.20. The molecule has 0 spiro atoms. The minimum absolute atomic E-state index is 0.0685. The van der Waals surface area contributed by atoms with Gasteiger partial charge in [-0.3, -0.25) is 0 Å². The molecule has 0 radical (unpaired) electrons. The molecule has 1 saturated heterocycles. The lowest BCUT2D eigenvalue weighted by Crippen LogP contribution is -2.62. The molecule has 1 saturated carbocycles. The summed E-state index contributed by atoms with van der Waals surface area (Å²) in [5.41, 5.74) is -0.0685. The van der Waals surface area contributed by atoms with Gasteiger partial charge in [-0.2, -0.15) is 0 Å². The van der Waals surface area contributed by atoms with E-state index in [-0.39, 0.29) is 11.6 Å². The highest BCUT2D eigenvalue weighted by molar-refractivity contribution is 5.75. The monoisotopic (exact) mass is 225 g/mol. The van der Waals surface area contributed by atoms with Gasteiger partial charge in [0, 0.05) is 25.7 Å². The van der Waals surface area contributed by atoms with E-state index in [2.05, 4.69) is 24.5 Å². The molecule has 0 aromatic carbocycles. The summed E-state index contributed by atoms with van der Waals surface area (Å²) in [6.07, 6.45) is 4.82. The van der Waals surface area contributed by atoms with E-state index in [0.29, 0.717) is 6.04 Å². The summed E-state index contributed by atoms with van der Waals surface area (Å²) in [6, 6.07) is 0.539. The number of nitrogens with one attached hydrogen (secondary N) is 2. The van der Waals surface area contributed by atoms with Crippen molar-refractivity contribution in [2.75, 3.05) is 19.6 Å². The van der Waals surface area contributed by atoms with Gasteiger partial charge in [0.15, 0.2) is 0 Å². The average Bonchev–Trinajstić information content (AvgIpc) is 2.69. The van der Waals surface area contributed by atoms with Crippen LogP contribution in [-0.2, 0) is 0 Å². The number of carbonyl (C=O) groups is 1. The molecule has 1 heterocycles. The van der Waals surface area contributed by atoms with Crippen LogP contribution in [0.5, 0.6) is 0 Å². The molecule has 92 valence electrons. The van der Waals surface area contributed by atoms with Gasteiger partial charge in [-0.05, 0) is 26.7 Å². The highest BCUT2D eigenvalue weighted by atomic mass is 16.2. The second-order valence-corrected chi connectivity index (χ2v) is 5.57. The zero-order chi connectivity index (χ0) is 11.6. The van der Waals surface area contributed by atoms with Crippen molar-refractivity contribution in [2.45, 2.75) is 51.1 Å². The van der Waals surface area contributed by atoms with E-state index in [4.69, 9.17) is 0 Å². The maximum Gasteiger partial charge on any atom is 0.318 e. The first kappa shape index (κ1) is 11.7. The third kappa shape index (κ3) is 2.48. The van der Waals surface area contributed by atoms with E-state index in [1.54, 1.807) is 0 Å². The molecular weight excluding hydrogens is 202 g/mol. The summed E-state index contributed by atoms with van der Waals surface area (Å²) in [6.45, 7) is 6.83. The van der Waals surface area contributed by atoms with E-state index < -0.39 is 0 Å². The summed E-state index contributed by atoms with van der Waals surface area (Å²) in [4.78, 5) is 14.1. The lowest BCUT2D eigenvalue weighted by Gasteiger charge is -2.43. The average molecular weight is 225 g/mol. The molecule has 0 bridgehead atoms. The van der Waals surface area contributed by atoms with Crippen molar-refractivity contribution in [3.8, 4) is 0 Å². The van der Waals surface area contributed by atoms with Crippen LogP contribution in [0.2, 0.25) is 0 Å². The fourth-order valence-corrected chi connectivity index (χ4v) is 2.68. The molecule has 0 aromatic heterocycles. The Morgan fingerprint density at radius 3 is 2.69 bits per heavy atom. The quantitative estimate of drug-likeness (QED) is 0.707. The van der Waals surface area contributed by atoms with Crippen molar-refractivity contribution in [3.05, 3.63) is 0 Å². The first-order valence-corrected chi connectivity index (χ1v) is 6.38. The standard InChI is InChI=1S/C12H23N3O/c1-12(2)9-13-7-8-15(12)11(16)14-10-5-3-4-6-10/h10,13H,3-9H2,1-2H3,(H,14,16).